The minimum atomic E-state index is 0.133. The Balaban J connectivity index is 1.78. The molecule has 2 rings (SSSR count). The van der Waals surface area contributed by atoms with E-state index in [-0.39, 0.29) is 11.8 Å². The van der Waals surface area contributed by atoms with Gasteiger partial charge in [0.2, 0.25) is 5.91 Å². The van der Waals surface area contributed by atoms with Crippen molar-refractivity contribution in [2.24, 2.45) is 5.92 Å². The van der Waals surface area contributed by atoms with Gasteiger partial charge in [-0.3, -0.25) is 4.79 Å². The molecule has 1 saturated carbocycles. The lowest BCUT2D eigenvalue weighted by atomic mass is 9.89. The van der Waals surface area contributed by atoms with E-state index < -0.39 is 0 Å². The fourth-order valence-electron chi connectivity index (χ4n) is 2.19. The molecule has 94 valence electrons. The van der Waals surface area contributed by atoms with Gasteiger partial charge in [-0.1, -0.05) is 24.4 Å². The Bertz CT molecular complexity index is 372. The van der Waals surface area contributed by atoms with E-state index in [1.54, 1.807) is 6.07 Å². The van der Waals surface area contributed by atoms with Crippen LogP contribution in [-0.2, 0) is 17.2 Å². The molecule has 0 radical (unpaired) electrons. The molecule has 0 atom stereocenters. The third-order valence-corrected chi connectivity index (χ3v) is 3.43. The molecular weight excluding hydrogens is 240 g/mol. The van der Waals surface area contributed by atoms with Gasteiger partial charge < -0.3 is 9.84 Å². The summed E-state index contributed by atoms with van der Waals surface area (Å²) in [4.78, 5) is 11.8. The maximum Gasteiger partial charge on any atom is 0.223 e. The number of carbonyl (C=O) groups excluding carboxylic acids is 1. The van der Waals surface area contributed by atoms with Crippen LogP contribution in [-0.4, -0.2) is 11.1 Å². The number of halogens is 1. The van der Waals surface area contributed by atoms with Gasteiger partial charge in [0.1, 0.15) is 0 Å². The third kappa shape index (κ3) is 3.46. The molecule has 0 spiro atoms. The molecule has 0 unspecified atom stereocenters. The molecule has 0 aromatic carbocycles. The van der Waals surface area contributed by atoms with Gasteiger partial charge in [0.15, 0.2) is 5.76 Å². The number of nitrogens with one attached hydrogen (secondary N) is 1. The number of hydrogen-bond donors (Lipinski definition) is 1. The van der Waals surface area contributed by atoms with Crippen molar-refractivity contribution in [3.8, 4) is 0 Å². The Morgan fingerprint density at radius 2 is 2.24 bits per heavy atom. The van der Waals surface area contributed by atoms with E-state index in [9.17, 15) is 4.79 Å². The van der Waals surface area contributed by atoms with Crippen molar-refractivity contribution in [1.82, 2.24) is 10.5 Å². The van der Waals surface area contributed by atoms with Crippen LogP contribution in [0.15, 0.2) is 10.6 Å². The maximum absolute atomic E-state index is 11.8. The Kier molecular flexibility index (Phi) is 4.42. The van der Waals surface area contributed by atoms with Crippen molar-refractivity contribution < 1.29 is 9.32 Å². The number of aromatic nitrogens is 1. The number of carbonyl (C=O) groups is 1. The molecule has 5 heteroatoms. The average molecular weight is 257 g/mol. The summed E-state index contributed by atoms with van der Waals surface area (Å²) < 4.78 is 5.04. The molecule has 1 aliphatic carbocycles. The smallest absolute Gasteiger partial charge is 0.223 e. The Morgan fingerprint density at radius 3 is 2.88 bits per heavy atom. The molecule has 1 fully saturated rings. The molecule has 1 aliphatic rings. The summed E-state index contributed by atoms with van der Waals surface area (Å²) in [6, 6.07) is 1.77. The summed E-state index contributed by atoms with van der Waals surface area (Å²) in [6.45, 7) is 0.402. The van der Waals surface area contributed by atoms with E-state index in [1.165, 1.54) is 6.42 Å². The van der Waals surface area contributed by atoms with Crippen molar-refractivity contribution in [2.45, 2.75) is 44.5 Å². The lowest BCUT2D eigenvalue weighted by Crippen LogP contribution is -2.31. The monoisotopic (exact) mass is 256 g/mol. The first-order chi connectivity index (χ1) is 8.29. The number of nitrogens with zero attached hydrogens (tertiary/aromatic N) is 1. The van der Waals surface area contributed by atoms with Crippen molar-refractivity contribution in [1.29, 1.82) is 0 Å². The fourth-order valence-corrected chi connectivity index (χ4v) is 2.31. The SMILES string of the molecule is O=C(NCc1cc(CCl)no1)C1CCCCC1. The van der Waals surface area contributed by atoms with Crippen LogP contribution in [0.1, 0.15) is 43.6 Å². The largest absolute Gasteiger partial charge is 0.359 e. The van der Waals surface area contributed by atoms with E-state index in [2.05, 4.69) is 10.5 Å². The van der Waals surface area contributed by atoms with Crippen LogP contribution in [0.4, 0.5) is 0 Å². The van der Waals surface area contributed by atoms with Gasteiger partial charge in [0.25, 0.3) is 0 Å². The molecule has 1 N–H and O–H groups in total. The molecule has 4 nitrogen and oxygen atoms in total. The lowest BCUT2D eigenvalue weighted by Gasteiger charge is -2.20. The van der Waals surface area contributed by atoms with Crippen LogP contribution in [0, 0.1) is 5.92 Å². The first-order valence-electron chi connectivity index (χ1n) is 6.07. The van der Waals surface area contributed by atoms with Crippen LogP contribution in [0.3, 0.4) is 0 Å². The zero-order valence-electron chi connectivity index (χ0n) is 9.75. The van der Waals surface area contributed by atoms with Gasteiger partial charge in [-0.05, 0) is 12.8 Å². The minimum Gasteiger partial charge on any atom is -0.359 e. The molecule has 1 heterocycles. The topological polar surface area (TPSA) is 55.1 Å². The van der Waals surface area contributed by atoms with Crippen molar-refractivity contribution in [3.63, 3.8) is 0 Å². The summed E-state index contributed by atoms with van der Waals surface area (Å²) in [5.74, 6) is 1.30. The quantitative estimate of drug-likeness (QED) is 0.843. The summed E-state index contributed by atoms with van der Waals surface area (Å²) in [5, 5.41) is 6.66. The first-order valence-corrected chi connectivity index (χ1v) is 6.61. The molecule has 1 aromatic heterocycles. The minimum absolute atomic E-state index is 0.133. The second kappa shape index (κ2) is 6.05. The molecule has 0 bridgehead atoms. The number of rotatable bonds is 4. The van der Waals surface area contributed by atoms with E-state index in [4.69, 9.17) is 16.1 Å². The highest BCUT2D eigenvalue weighted by molar-refractivity contribution is 6.16. The Labute approximate surface area is 106 Å². The van der Waals surface area contributed by atoms with Gasteiger partial charge in [0.05, 0.1) is 18.1 Å². The Hall–Kier alpha value is -1.03. The second-order valence-corrected chi connectivity index (χ2v) is 4.74. The summed E-state index contributed by atoms with van der Waals surface area (Å²) in [6.07, 6.45) is 5.60. The lowest BCUT2D eigenvalue weighted by molar-refractivity contribution is -0.126. The van der Waals surface area contributed by atoms with E-state index in [0.717, 1.165) is 25.7 Å². The highest BCUT2D eigenvalue weighted by Gasteiger charge is 2.20. The van der Waals surface area contributed by atoms with Crippen LogP contribution in [0.5, 0.6) is 0 Å². The molecule has 0 saturated heterocycles. The Morgan fingerprint density at radius 1 is 1.47 bits per heavy atom. The number of amides is 1. The van der Waals surface area contributed by atoms with Gasteiger partial charge >= 0.3 is 0 Å². The van der Waals surface area contributed by atoms with Gasteiger partial charge in [-0.15, -0.1) is 11.6 Å². The zero-order chi connectivity index (χ0) is 12.1. The van der Waals surface area contributed by atoms with Gasteiger partial charge in [-0.2, -0.15) is 0 Å². The van der Waals surface area contributed by atoms with Gasteiger partial charge in [-0.25, -0.2) is 0 Å². The van der Waals surface area contributed by atoms with E-state index >= 15 is 0 Å². The predicted octanol–water partition coefficient (Wildman–Crippen LogP) is 2.61. The summed E-state index contributed by atoms with van der Waals surface area (Å²) in [5.41, 5.74) is 0.702. The van der Waals surface area contributed by atoms with Crippen molar-refractivity contribution in [3.05, 3.63) is 17.5 Å². The van der Waals surface area contributed by atoms with Crippen LogP contribution in [0.2, 0.25) is 0 Å². The highest BCUT2D eigenvalue weighted by atomic mass is 35.5. The predicted molar refractivity (Wildman–Crippen MR) is 64.5 cm³/mol. The second-order valence-electron chi connectivity index (χ2n) is 4.47. The summed E-state index contributed by atoms with van der Waals surface area (Å²) in [7, 11) is 0. The highest BCUT2D eigenvalue weighted by Crippen LogP contribution is 2.23. The van der Waals surface area contributed by atoms with Crippen molar-refractivity contribution in [2.75, 3.05) is 0 Å². The van der Waals surface area contributed by atoms with Crippen LogP contribution in [0.25, 0.3) is 0 Å². The normalized spacial score (nSPS) is 17.0. The maximum atomic E-state index is 11.8. The molecule has 1 aromatic rings. The fraction of sp³-hybridized carbons (Fsp3) is 0.667. The summed E-state index contributed by atoms with van der Waals surface area (Å²) >= 11 is 5.61. The third-order valence-electron chi connectivity index (χ3n) is 3.16. The van der Waals surface area contributed by atoms with E-state index in [0.29, 0.717) is 23.9 Å². The zero-order valence-corrected chi connectivity index (χ0v) is 10.5. The molecular formula is C12H17ClN2O2. The number of alkyl halides is 1. The first kappa shape index (κ1) is 12.4. The molecule has 17 heavy (non-hydrogen) atoms. The van der Waals surface area contributed by atoms with Gasteiger partial charge in [0, 0.05) is 12.0 Å². The van der Waals surface area contributed by atoms with E-state index in [1.807, 2.05) is 0 Å². The molecule has 1 amide bonds. The molecule has 0 aliphatic heterocycles. The number of hydrogen-bond acceptors (Lipinski definition) is 3. The van der Waals surface area contributed by atoms with Crippen LogP contribution < -0.4 is 5.32 Å². The average Bonchev–Trinajstić information content (AvgIpc) is 2.85. The standard InChI is InChI=1S/C12H17ClN2O2/c13-7-10-6-11(17-15-10)8-14-12(16)9-4-2-1-3-5-9/h6,9H,1-5,7-8H2,(H,14,16). The van der Waals surface area contributed by atoms with Crippen molar-refractivity contribution >= 4 is 17.5 Å². The van der Waals surface area contributed by atoms with Crippen LogP contribution >= 0.6 is 11.6 Å².